The first-order chi connectivity index (χ1) is 10.7. The van der Waals surface area contributed by atoms with Crippen LogP contribution in [0.1, 0.15) is 32.1 Å². The van der Waals surface area contributed by atoms with Crippen molar-refractivity contribution in [1.29, 1.82) is 0 Å². The van der Waals surface area contributed by atoms with Gasteiger partial charge in [0.2, 0.25) is 5.91 Å². The molecule has 0 unspecified atom stereocenters. The highest BCUT2D eigenvalue weighted by molar-refractivity contribution is 5.95. The molecule has 0 spiro atoms. The number of rotatable bonds is 3. The molecular weight excluding hydrogens is 283 g/mol. The second-order valence-corrected chi connectivity index (χ2v) is 6.09. The topological polar surface area (TPSA) is 41.6 Å². The molecule has 0 saturated carbocycles. The van der Waals surface area contributed by atoms with Gasteiger partial charge in [-0.15, -0.1) is 0 Å². The van der Waals surface area contributed by atoms with E-state index in [-0.39, 0.29) is 17.6 Å². The highest BCUT2D eigenvalue weighted by atomic mass is 19.1. The van der Waals surface area contributed by atoms with Gasteiger partial charge in [-0.3, -0.25) is 4.79 Å². The largest absolute Gasteiger partial charge is 0.381 e. The summed E-state index contributed by atoms with van der Waals surface area (Å²) in [7, 11) is 0. The lowest BCUT2D eigenvalue weighted by Crippen LogP contribution is -2.32. The first kappa shape index (κ1) is 15.3. The van der Waals surface area contributed by atoms with E-state index in [9.17, 15) is 9.18 Å². The molecule has 0 radical (unpaired) electrons. The van der Waals surface area contributed by atoms with Gasteiger partial charge in [-0.2, -0.15) is 0 Å². The Morgan fingerprint density at radius 2 is 1.91 bits per heavy atom. The lowest BCUT2D eigenvalue weighted by atomic mass is 9.99. The summed E-state index contributed by atoms with van der Waals surface area (Å²) in [6.45, 7) is 3.18. The first-order valence-corrected chi connectivity index (χ1v) is 8.17. The maximum atomic E-state index is 13.6. The van der Waals surface area contributed by atoms with Crippen molar-refractivity contribution in [2.24, 2.45) is 5.92 Å². The quantitative estimate of drug-likeness (QED) is 0.932. The number of ether oxygens (including phenoxy) is 1. The maximum Gasteiger partial charge on any atom is 0.227 e. The van der Waals surface area contributed by atoms with Crippen LogP contribution in [0.25, 0.3) is 0 Å². The van der Waals surface area contributed by atoms with Crippen LogP contribution in [-0.4, -0.2) is 32.2 Å². The van der Waals surface area contributed by atoms with Crippen molar-refractivity contribution in [3.05, 3.63) is 24.0 Å². The molecule has 22 heavy (non-hydrogen) atoms. The number of hydrogen-bond acceptors (Lipinski definition) is 3. The summed E-state index contributed by atoms with van der Waals surface area (Å²) >= 11 is 0. The molecule has 5 heteroatoms. The fourth-order valence-electron chi connectivity index (χ4n) is 3.21. The molecule has 0 aromatic heterocycles. The average molecular weight is 306 g/mol. The van der Waals surface area contributed by atoms with Crippen molar-refractivity contribution in [2.75, 3.05) is 36.5 Å². The van der Waals surface area contributed by atoms with Crippen LogP contribution in [0.2, 0.25) is 0 Å². The second-order valence-electron chi connectivity index (χ2n) is 6.09. The van der Waals surface area contributed by atoms with E-state index < -0.39 is 0 Å². The van der Waals surface area contributed by atoms with E-state index in [4.69, 9.17) is 4.74 Å². The molecule has 0 aliphatic carbocycles. The number of piperidine rings is 1. The van der Waals surface area contributed by atoms with E-state index in [0.717, 1.165) is 44.5 Å². The van der Waals surface area contributed by atoms with E-state index >= 15 is 0 Å². The summed E-state index contributed by atoms with van der Waals surface area (Å²) in [6.07, 6.45) is 5.00. The van der Waals surface area contributed by atoms with Crippen molar-refractivity contribution in [3.63, 3.8) is 0 Å². The fourth-order valence-corrected chi connectivity index (χ4v) is 3.21. The highest BCUT2D eigenvalue weighted by Crippen LogP contribution is 2.30. The van der Waals surface area contributed by atoms with Crippen LogP contribution in [0.4, 0.5) is 15.8 Å². The number of hydrogen-bond donors (Lipinski definition) is 1. The van der Waals surface area contributed by atoms with Crippen LogP contribution in [0.5, 0.6) is 0 Å². The summed E-state index contributed by atoms with van der Waals surface area (Å²) in [4.78, 5) is 14.6. The zero-order valence-corrected chi connectivity index (χ0v) is 12.8. The molecule has 2 saturated heterocycles. The SMILES string of the molecule is O=C(Nc1cc(F)ccc1N1CCCCC1)C1CCOCC1. The normalized spacial score (nSPS) is 20.0. The number of carbonyl (C=O) groups excluding carboxylic acids is 1. The van der Waals surface area contributed by atoms with Gasteiger partial charge in [0.15, 0.2) is 0 Å². The van der Waals surface area contributed by atoms with Crippen LogP contribution in [0.3, 0.4) is 0 Å². The summed E-state index contributed by atoms with van der Waals surface area (Å²) in [5.41, 5.74) is 1.53. The van der Waals surface area contributed by atoms with E-state index in [0.29, 0.717) is 18.9 Å². The molecule has 1 aromatic carbocycles. The van der Waals surface area contributed by atoms with E-state index in [1.54, 1.807) is 6.07 Å². The zero-order valence-electron chi connectivity index (χ0n) is 12.8. The van der Waals surface area contributed by atoms with Crippen LogP contribution in [0.15, 0.2) is 18.2 Å². The van der Waals surface area contributed by atoms with E-state index in [1.807, 2.05) is 0 Å². The Balaban J connectivity index is 1.76. The average Bonchev–Trinajstić information content (AvgIpc) is 2.56. The molecule has 120 valence electrons. The second kappa shape index (κ2) is 7.09. The van der Waals surface area contributed by atoms with Gasteiger partial charge in [0.25, 0.3) is 0 Å². The monoisotopic (exact) mass is 306 g/mol. The van der Waals surface area contributed by atoms with Crippen molar-refractivity contribution in [1.82, 2.24) is 0 Å². The smallest absolute Gasteiger partial charge is 0.227 e. The standard InChI is InChI=1S/C17H23FN2O2/c18-14-4-5-16(20-8-2-1-3-9-20)15(12-14)19-17(21)13-6-10-22-11-7-13/h4-5,12-13H,1-3,6-11H2,(H,19,21). The number of nitrogens with zero attached hydrogens (tertiary/aromatic N) is 1. The minimum absolute atomic E-state index is 0.0211. The number of halogens is 1. The third kappa shape index (κ3) is 3.58. The Labute approximate surface area is 130 Å². The van der Waals surface area contributed by atoms with Gasteiger partial charge in [0.05, 0.1) is 11.4 Å². The molecule has 1 amide bonds. The summed E-state index contributed by atoms with van der Waals surface area (Å²) in [6, 6.07) is 4.68. The minimum atomic E-state index is -0.317. The summed E-state index contributed by atoms with van der Waals surface area (Å²) in [5.74, 6) is -0.374. The number of anilines is 2. The third-order valence-corrected chi connectivity index (χ3v) is 4.51. The highest BCUT2D eigenvalue weighted by Gasteiger charge is 2.23. The third-order valence-electron chi connectivity index (χ3n) is 4.51. The molecule has 4 nitrogen and oxygen atoms in total. The summed E-state index contributed by atoms with van der Waals surface area (Å²) < 4.78 is 18.9. The molecule has 2 heterocycles. The molecule has 0 atom stereocenters. The molecule has 0 bridgehead atoms. The predicted octanol–water partition coefficient (Wildman–Crippen LogP) is 3.18. The first-order valence-electron chi connectivity index (χ1n) is 8.17. The zero-order chi connectivity index (χ0) is 15.4. The van der Waals surface area contributed by atoms with Crippen molar-refractivity contribution in [2.45, 2.75) is 32.1 Å². The Morgan fingerprint density at radius 1 is 1.18 bits per heavy atom. The van der Waals surface area contributed by atoms with Crippen LogP contribution in [-0.2, 0) is 9.53 Å². The number of amides is 1. The van der Waals surface area contributed by atoms with Gasteiger partial charge in [-0.25, -0.2) is 4.39 Å². The van der Waals surface area contributed by atoms with Gasteiger partial charge < -0.3 is 15.0 Å². The minimum Gasteiger partial charge on any atom is -0.381 e. The van der Waals surface area contributed by atoms with Gasteiger partial charge in [0.1, 0.15) is 5.82 Å². The van der Waals surface area contributed by atoms with Gasteiger partial charge in [-0.05, 0) is 50.3 Å². The van der Waals surface area contributed by atoms with Crippen molar-refractivity contribution in [3.8, 4) is 0 Å². The number of benzene rings is 1. The Kier molecular flexibility index (Phi) is 4.93. The molecule has 2 aliphatic heterocycles. The molecule has 2 aliphatic rings. The van der Waals surface area contributed by atoms with Gasteiger partial charge in [-0.1, -0.05) is 0 Å². The fraction of sp³-hybridized carbons (Fsp3) is 0.588. The Morgan fingerprint density at radius 3 is 2.64 bits per heavy atom. The van der Waals surface area contributed by atoms with Crippen LogP contribution < -0.4 is 10.2 Å². The lowest BCUT2D eigenvalue weighted by molar-refractivity contribution is -0.122. The Hall–Kier alpha value is -1.62. The van der Waals surface area contributed by atoms with E-state index in [1.165, 1.54) is 18.6 Å². The van der Waals surface area contributed by atoms with Crippen molar-refractivity contribution >= 4 is 17.3 Å². The molecular formula is C17H23FN2O2. The summed E-state index contributed by atoms with van der Waals surface area (Å²) in [5, 5.41) is 2.94. The van der Waals surface area contributed by atoms with Gasteiger partial charge in [0, 0.05) is 32.2 Å². The molecule has 1 aromatic rings. The predicted molar refractivity (Wildman–Crippen MR) is 84.6 cm³/mol. The Bertz CT molecular complexity index is 523. The van der Waals surface area contributed by atoms with Gasteiger partial charge >= 0.3 is 0 Å². The molecule has 3 rings (SSSR count). The maximum absolute atomic E-state index is 13.6. The lowest BCUT2D eigenvalue weighted by Gasteiger charge is -2.31. The van der Waals surface area contributed by atoms with Crippen LogP contribution in [0, 0.1) is 11.7 Å². The molecule has 2 fully saturated rings. The number of carbonyl (C=O) groups is 1. The van der Waals surface area contributed by atoms with Crippen LogP contribution >= 0.6 is 0 Å². The van der Waals surface area contributed by atoms with Crippen molar-refractivity contribution < 1.29 is 13.9 Å². The molecule has 1 N–H and O–H groups in total. The number of nitrogens with one attached hydrogen (secondary N) is 1. The van der Waals surface area contributed by atoms with E-state index in [2.05, 4.69) is 10.2 Å².